The third-order valence-electron chi connectivity index (χ3n) is 4.91. The fourth-order valence-corrected chi connectivity index (χ4v) is 4.71. The van der Waals surface area contributed by atoms with Crippen LogP contribution in [-0.4, -0.2) is 27.0 Å². The van der Waals surface area contributed by atoms with Gasteiger partial charge in [0.25, 0.3) is 5.91 Å². The summed E-state index contributed by atoms with van der Waals surface area (Å²) in [5, 5.41) is 1.08. The number of rotatable bonds is 3. The Labute approximate surface area is 172 Å². The number of amides is 1. The average molecular weight is 416 g/mol. The van der Waals surface area contributed by atoms with Gasteiger partial charge in [-0.15, -0.1) is 0 Å². The minimum atomic E-state index is -0.300. The van der Waals surface area contributed by atoms with Gasteiger partial charge in [-0.3, -0.25) is 14.7 Å². The van der Waals surface area contributed by atoms with E-state index in [-0.39, 0.29) is 17.8 Å². The van der Waals surface area contributed by atoms with Crippen molar-refractivity contribution in [3.8, 4) is 0 Å². The number of pyridine rings is 1. The summed E-state index contributed by atoms with van der Waals surface area (Å²) < 4.78 is 13.2. The van der Waals surface area contributed by atoms with E-state index in [0.29, 0.717) is 20.8 Å². The summed E-state index contributed by atoms with van der Waals surface area (Å²) in [6.45, 7) is 0. The number of aromatic nitrogens is 1. The number of hydrogen-bond donors (Lipinski definition) is 0. The standard InChI is InChI=1S/C21H19ClFN3OS/c22-17-13-24-11-10-18(17)25-21-26(16-4-2-1-3-5-16)20(27)19(28-21)12-14-6-8-15(23)9-7-14/h6-13,16H,1-5H2/b19-12-,25-21?. The van der Waals surface area contributed by atoms with Crippen molar-refractivity contribution in [2.75, 3.05) is 0 Å². The SMILES string of the molecule is O=C1/C(=C/c2ccc(F)cc2)SC(=Nc2ccncc2Cl)N1C1CCCCC1. The molecule has 0 unspecified atom stereocenters. The molecule has 0 bridgehead atoms. The number of carbonyl (C=O) groups is 1. The molecule has 1 aliphatic heterocycles. The van der Waals surface area contributed by atoms with E-state index >= 15 is 0 Å². The second-order valence-electron chi connectivity index (χ2n) is 6.85. The Hall–Kier alpha value is -2.18. The number of benzene rings is 1. The first kappa shape index (κ1) is 19.2. The van der Waals surface area contributed by atoms with Gasteiger partial charge in [-0.2, -0.15) is 0 Å². The number of thioether (sulfide) groups is 1. The number of amidine groups is 1. The molecule has 0 spiro atoms. The number of hydrogen-bond acceptors (Lipinski definition) is 4. The van der Waals surface area contributed by atoms with Crippen LogP contribution in [0.15, 0.2) is 52.6 Å². The molecule has 2 aromatic rings. The van der Waals surface area contributed by atoms with Crippen LogP contribution in [0, 0.1) is 5.82 Å². The van der Waals surface area contributed by atoms with Crippen LogP contribution < -0.4 is 0 Å². The fraction of sp³-hybridized carbons (Fsp3) is 0.286. The van der Waals surface area contributed by atoms with Crippen LogP contribution >= 0.6 is 23.4 Å². The van der Waals surface area contributed by atoms with Crippen molar-refractivity contribution in [3.05, 3.63) is 64.0 Å². The van der Waals surface area contributed by atoms with Crippen LogP contribution in [0.2, 0.25) is 5.02 Å². The lowest BCUT2D eigenvalue weighted by Gasteiger charge is -2.30. The van der Waals surface area contributed by atoms with Gasteiger partial charge in [0.05, 0.1) is 15.6 Å². The number of halogens is 2. The Morgan fingerprint density at radius 3 is 2.64 bits per heavy atom. The minimum absolute atomic E-state index is 0.0508. The zero-order valence-electron chi connectivity index (χ0n) is 15.1. The monoisotopic (exact) mass is 415 g/mol. The van der Waals surface area contributed by atoms with E-state index in [1.54, 1.807) is 36.7 Å². The van der Waals surface area contributed by atoms with Crippen molar-refractivity contribution in [2.45, 2.75) is 38.1 Å². The van der Waals surface area contributed by atoms with Gasteiger partial charge in [0.1, 0.15) is 5.82 Å². The maximum absolute atomic E-state index is 13.2. The molecule has 0 atom stereocenters. The highest BCUT2D eigenvalue weighted by Crippen LogP contribution is 2.39. The summed E-state index contributed by atoms with van der Waals surface area (Å²) in [7, 11) is 0. The molecule has 4 nitrogen and oxygen atoms in total. The Kier molecular flexibility index (Phi) is 5.78. The Morgan fingerprint density at radius 2 is 1.93 bits per heavy atom. The summed E-state index contributed by atoms with van der Waals surface area (Å²) in [5.41, 5.74) is 1.37. The van der Waals surface area contributed by atoms with E-state index in [1.165, 1.54) is 30.3 Å². The van der Waals surface area contributed by atoms with Crippen molar-refractivity contribution in [1.29, 1.82) is 0 Å². The smallest absolute Gasteiger partial charge is 0.267 e. The molecule has 28 heavy (non-hydrogen) atoms. The van der Waals surface area contributed by atoms with Gasteiger partial charge in [-0.25, -0.2) is 9.38 Å². The van der Waals surface area contributed by atoms with Crippen molar-refractivity contribution < 1.29 is 9.18 Å². The van der Waals surface area contributed by atoms with Gasteiger partial charge in [0, 0.05) is 18.4 Å². The lowest BCUT2D eigenvalue weighted by atomic mass is 9.94. The molecular formula is C21H19ClFN3OS. The van der Waals surface area contributed by atoms with Crippen molar-refractivity contribution in [3.63, 3.8) is 0 Å². The number of nitrogens with zero attached hydrogens (tertiary/aromatic N) is 3. The number of aliphatic imine (C=N–C) groups is 1. The van der Waals surface area contributed by atoms with E-state index in [2.05, 4.69) is 9.98 Å². The second kappa shape index (κ2) is 8.45. The quantitative estimate of drug-likeness (QED) is 0.594. The van der Waals surface area contributed by atoms with E-state index in [9.17, 15) is 9.18 Å². The topological polar surface area (TPSA) is 45.6 Å². The lowest BCUT2D eigenvalue weighted by molar-refractivity contribution is -0.124. The van der Waals surface area contributed by atoms with E-state index in [1.807, 2.05) is 4.90 Å². The molecule has 1 saturated carbocycles. The highest BCUT2D eigenvalue weighted by Gasteiger charge is 2.38. The molecule has 4 rings (SSSR count). The molecule has 2 heterocycles. The summed E-state index contributed by atoms with van der Waals surface area (Å²) in [6, 6.07) is 7.99. The van der Waals surface area contributed by atoms with Crippen molar-refractivity contribution >= 4 is 46.2 Å². The second-order valence-corrected chi connectivity index (χ2v) is 8.27. The van der Waals surface area contributed by atoms with Gasteiger partial charge in [-0.1, -0.05) is 43.0 Å². The van der Waals surface area contributed by atoms with Crippen LogP contribution in [0.4, 0.5) is 10.1 Å². The molecule has 2 aliphatic rings. The normalized spacial score (nSPS) is 21.1. The molecule has 1 aromatic heterocycles. The third-order valence-corrected chi connectivity index (χ3v) is 6.19. The van der Waals surface area contributed by atoms with E-state index in [0.717, 1.165) is 31.2 Å². The molecule has 7 heteroatoms. The predicted octanol–water partition coefficient (Wildman–Crippen LogP) is 5.81. The molecule has 0 radical (unpaired) electrons. The molecule has 2 fully saturated rings. The van der Waals surface area contributed by atoms with Crippen LogP contribution in [0.5, 0.6) is 0 Å². The molecule has 1 amide bonds. The molecule has 0 N–H and O–H groups in total. The fourth-order valence-electron chi connectivity index (χ4n) is 3.50. The van der Waals surface area contributed by atoms with E-state index < -0.39 is 0 Å². The molecule has 1 saturated heterocycles. The van der Waals surface area contributed by atoms with Crippen molar-refractivity contribution in [1.82, 2.24) is 9.88 Å². The van der Waals surface area contributed by atoms with Gasteiger partial charge >= 0.3 is 0 Å². The molecule has 1 aromatic carbocycles. The first-order valence-corrected chi connectivity index (χ1v) is 10.5. The average Bonchev–Trinajstić information content (AvgIpc) is 3.01. The van der Waals surface area contributed by atoms with Crippen molar-refractivity contribution in [2.24, 2.45) is 4.99 Å². The largest absolute Gasteiger partial charge is 0.283 e. The Morgan fingerprint density at radius 1 is 1.18 bits per heavy atom. The summed E-state index contributed by atoms with van der Waals surface area (Å²) in [4.78, 5) is 24.3. The lowest BCUT2D eigenvalue weighted by Crippen LogP contribution is -2.40. The summed E-state index contributed by atoms with van der Waals surface area (Å²) >= 11 is 7.56. The van der Waals surface area contributed by atoms with E-state index in [4.69, 9.17) is 11.6 Å². The first-order chi connectivity index (χ1) is 13.6. The van der Waals surface area contributed by atoms with Crippen LogP contribution in [0.25, 0.3) is 6.08 Å². The molecular weight excluding hydrogens is 397 g/mol. The first-order valence-electron chi connectivity index (χ1n) is 9.29. The number of carbonyl (C=O) groups excluding carboxylic acids is 1. The maximum Gasteiger partial charge on any atom is 0.267 e. The summed E-state index contributed by atoms with van der Waals surface area (Å²) in [5.74, 6) is -0.351. The Bertz CT molecular complexity index is 939. The van der Waals surface area contributed by atoms with Gasteiger partial charge < -0.3 is 0 Å². The summed E-state index contributed by atoms with van der Waals surface area (Å²) in [6.07, 6.45) is 10.3. The zero-order valence-corrected chi connectivity index (χ0v) is 16.7. The maximum atomic E-state index is 13.2. The van der Waals surface area contributed by atoms with Crippen LogP contribution in [0.1, 0.15) is 37.7 Å². The van der Waals surface area contributed by atoms with Gasteiger partial charge in [-0.05, 0) is 54.4 Å². The van der Waals surface area contributed by atoms with Crippen LogP contribution in [-0.2, 0) is 4.79 Å². The predicted molar refractivity (Wildman–Crippen MR) is 112 cm³/mol. The molecule has 144 valence electrons. The molecule has 1 aliphatic carbocycles. The third kappa shape index (κ3) is 4.13. The minimum Gasteiger partial charge on any atom is -0.283 e. The Balaban J connectivity index is 1.71. The highest BCUT2D eigenvalue weighted by molar-refractivity contribution is 8.18. The van der Waals surface area contributed by atoms with Crippen LogP contribution in [0.3, 0.4) is 0 Å². The van der Waals surface area contributed by atoms with Gasteiger partial charge in [0.15, 0.2) is 5.17 Å². The zero-order chi connectivity index (χ0) is 19.5. The highest BCUT2D eigenvalue weighted by atomic mass is 35.5. The van der Waals surface area contributed by atoms with Gasteiger partial charge in [0.2, 0.25) is 0 Å².